The molecule has 1 aromatic rings. The van der Waals surface area contributed by atoms with Crippen LogP contribution in [0.2, 0.25) is 0 Å². The highest BCUT2D eigenvalue weighted by Gasteiger charge is 2.36. The smallest absolute Gasteiger partial charge is 0.303 e. The highest BCUT2D eigenvalue weighted by Crippen LogP contribution is 2.42. The van der Waals surface area contributed by atoms with E-state index in [-0.39, 0.29) is 17.3 Å². The van der Waals surface area contributed by atoms with Crippen molar-refractivity contribution in [2.24, 2.45) is 5.41 Å². The number of halogens is 3. The van der Waals surface area contributed by atoms with E-state index in [1.165, 1.54) is 0 Å². The van der Waals surface area contributed by atoms with Crippen LogP contribution in [0.15, 0.2) is 16.6 Å². The van der Waals surface area contributed by atoms with Crippen LogP contribution in [-0.2, 0) is 9.59 Å². The fraction of sp³-hybridized carbons (Fsp3) is 0.500. The Morgan fingerprint density at radius 1 is 1.13 bits per heavy atom. The van der Waals surface area contributed by atoms with Crippen LogP contribution in [-0.4, -0.2) is 17.0 Å². The Bertz CT molecular complexity index is 592. The topological polar surface area (TPSA) is 66.4 Å². The monoisotopic (exact) mass is 389 g/mol. The molecule has 0 heterocycles. The van der Waals surface area contributed by atoms with Crippen LogP contribution in [0.3, 0.4) is 0 Å². The van der Waals surface area contributed by atoms with Gasteiger partial charge < -0.3 is 10.4 Å². The van der Waals surface area contributed by atoms with Gasteiger partial charge in [0.1, 0.15) is 5.69 Å². The van der Waals surface area contributed by atoms with E-state index in [4.69, 9.17) is 5.11 Å². The summed E-state index contributed by atoms with van der Waals surface area (Å²) < 4.78 is 27.8. The lowest BCUT2D eigenvalue weighted by atomic mass is 9.69. The fourth-order valence-electron chi connectivity index (χ4n) is 3.22. The molecule has 2 N–H and O–H groups in total. The van der Waals surface area contributed by atoms with Gasteiger partial charge in [-0.3, -0.25) is 9.59 Å². The first-order valence-electron chi connectivity index (χ1n) is 7.47. The molecule has 0 spiro atoms. The number of carbonyl (C=O) groups excluding carboxylic acids is 1. The van der Waals surface area contributed by atoms with Crippen molar-refractivity contribution >= 4 is 33.5 Å². The lowest BCUT2D eigenvalue weighted by Gasteiger charge is -2.35. The van der Waals surface area contributed by atoms with Crippen LogP contribution >= 0.6 is 15.9 Å². The summed E-state index contributed by atoms with van der Waals surface area (Å²) in [6, 6.07) is 2.12. The average Bonchev–Trinajstić information content (AvgIpc) is 2.42. The maximum absolute atomic E-state index is 13.8. The molecule has 0 atom stereocenters. The fourth-order valence-corrected chi connectivity index (χ4v) is 3.63. The Kier molecular flexibility index (Phi) is 5.73. The number of carboxylic acid groups (broad SMARTS) is 1. The summed E-state index contributed by atoms with van der Waals surface area (Å²) in [6.45, 7) is 0. The minimum absolute atomic E-state index is 0.0474. The van der Waals surface area contributed by atoms with E-state index in [1.807, 2.05) is 0 Å². The minimum atomic E-state index is -0.958. The highest BCUT2D eigenvalue weighted by atomic mass is 79.9. The summed E-state index contributed by atoms with van der Waals surface area (Å²) >= 11 is 2.97. The van der Waals surface area contributed by atoms with Crippen LogP contribution < -0.4 is 5.32 Å². The van der Waals surface area contributed by atoms with Gasteiger partial charge in [-0.15, -0.1) is 0 Å². The van der Waals surface area contributed by atoms with Crippen LogP contribution in [0.1, 0.15) is 44.9 Å². The van der Waals surface area contributed by atoms with E-state index in [0.717, 1.165) is 31.4 Å². The van der Waals surface area contributed by atoms with Crippen LogP contribution in [0.5, 0.6) is 0 Å². The first-order valence-corrected chi connectivity index (χ1v) is 8.27. The molecule has 7 heteroatoms. The number of hydrogen-bond acceptors (Lipinski definition) is 2. The van der Waals surface area contributed by atoms with Crippen LogP contribution in [0.25, 0.3) is 0 Å². The van der Waals surface area contributed by atoms with Gasteiger partial charge in [-0.05, 0) is 30.4 Å². The van der Waals surface area contributed by atoms with Crippen LogP contribution in [0, 0.1) is 17.0 Å². The van der Waals surface area contributed by atoms with E-state index in [1.54, 1.807) is 0 Å². The lowest BCUT2D eigenvalue weighted by Crippen LogP contribution is -2.32. The molecule has 0 saturated heterocycles. The van der Waals surface area contributed by atoms with Gasteiger partial charge >= 0.3 is 5.97 Å². The number of amides is 1. The average molecular weight is 390 g/mol. The van der Waals surface area contributed by atoms with Gasteiger partial charge in [0.05, 0.1) is 6.42 Å². The van der Waals surface area contributed by atoms with Crippen molar-refractivity contribution in [3.8, 4) is 0 Å². The molecule has 1 aromatic carbocycles. The summed E-state index contributed by atoms with van der Waals surface area (Å²) in [5, 5.41) is 11.3. The number of nitrogens with one attached hydrogen (secondary N) is 1. The quantitative estimate of drug-likeness (QED) is 0.779. The standard InChI is InChI=1S/C16H18BrF2NO3/c17-10-6-11(18)15(12(19)7-10)20-13(21)8-16(9-14(22)23)4-2-1-3-5-16/h6-7H,1-5,8-9H2,(H,20,21)(H,22,23). The van der Waals surface area contributed by atoms with Crippen molar-refractivity contribution < 1.29 is 23.5 Å². The molecule has 126 valence electrons. The normalized spacial score (nSPS) is 16.8. The van der Waals surface area contributed by atoms with E-state index in [9.17, 15) is 18.4 Å². The summed E-state index contributed by atoms with van der Waals surface area (Å²) in [5.41, 5.74) is -1.13. The Hall–Kier alpha value is -1.50. The molecule has 0 bridgehead atoms. The molecule has 0 aromatic heterocycles. The first-order chi connectivity index (χ1) is 10.8. The van der Waals surface area contributed by atoms with Crippen molar-refractivity contribution in [3.05, 3.63) is 28.2 Å². The molecule has 0 radical (unpaired) electrons. The molecule has 23 heavy (non-hydrogen) atoms. The first kappa shape index (κ1) is 17.8. The molecule has 1 amide bonds. The Labute approximate surface area is 141 Å². The van der Waals surface area contributed by atoms with Gasteiger partial charge in [-0.2, -0.15) is 0 Å². The zero-order valence-corrected chi connectivity index (χ0v) is 14.1. The molecule has 0 unspecified atom stereocenters. The molecular weight excluding hydrogens is 372 g/mol. The zero-order chi connectivity index (χ0) is 17.0. The second-order valence-corrected chi connectivity index (χ2v) is 7.02. The van der Waals surface area contributed by atoms with Crippen molar-refractivity contribution in [1.29, 1.82) is 0 Å². The summed E-state index contributed by atoms with van der Waals surface area (Å²) in [4.78, 5) is 23.3. The minimum Gasteiger partial charge on any atom is -0.481 e. The van der Waals surface area contributed by atoms with Gasteiger partial charge in [-0.1, -0.05) is 35.2 Å². The predicted molar refractivity (Wildman–Crippen MR) is 85.1 cm³/mol. The molecule has 2 rings (SSSR count). The molecule has 1 saturated carbocycles. The Morgan fingerprint density at radius 2 is 1.70 bits per heavy atom. The largest absolute Gasteiger partial charge is 0.481 e. The molecule has 1 aliphatic rings. The third-order valence-corrected chi connectivity index (χ3v) is 4.71. The third kappa shape index (κ3) is 4.73. The Morgan fingerprint density at radius 3 is 2.22 bits per heavy atom. The maximum atomic E-state index is 13.8. The summed E-state index contributed by atoms with van der Waals surface area (Å²) in [7, 11) is 0. The molecule has 4 nitrogen and oxygen atoms in total. The number of hydrogen-bond donors (Lipinski definition) is 2. The van der Waals surface area contributed by atoms with Crippen molar-refractivity contribution in [1.82, 2.24) is 0 Å². The number of aliphatic carboxylic acids is 1. The highest BCUT2D eigenvalue weighted by molar-refractivity contribution is 9.10. The second kappa shape index (κ2) is 7.38. The molecular formula is C16H18BrF2NO3. The third-order valence-electron chi connectivity index (χ3n) is 4.25. The molecule has 1 fully saturated rings. The van der Waals surface area contributed by atoms with Crippen LogP contribution in [0.4, 0.5) is 14.5 Å². The molecule has 0 aliphatic heterocycles. The number of carbonyl (C=O) groups is 2. The lowest BCUT2D eigenvalue weighted by molar-refractivity contribution is -0.140. The zero-order valence-electron chi connectivity index (χ0n) is 12.5. The number of anilines is 1. The number of benzene rings is 1. The summed E-state index contributed by atoms with van der Waals surface area (Å²) in [6.07, 6.45) is 3.86. The molecule has 1 aliphatic carbocycles. The van der Waals surface area contributed by atoms with Gasteiger partial charge in [0, 0.05) is 10.9 Å². The maximum Gasteiger partial charge on any atom is 0.303 e. The number of rotatable bonds is 5. The summed E-state index contributed by atoms with van der Waals surface area (Å²) in [5.74, 6) is -3.27. The van der Waals surface area contributed by atoms with Gasteiger partial charge in [0.25, 0.3) is 0 Å². The predicted octanol–water partition coefficient (Wildman–Crippen LogP) is 4.48. The van der Waals surface area contributed by atoms with Gasteiger partial charge in [-0.25, -0.2) is 8.78 Å². The second-order valence-electron chi connectivity index (χ2n) is 6.10. The van der Waals surface area contributed by atoms with Crippen molar-refractivity contribution in [2.45, 2.75) is 44.9 Å². The van der Waals surface area contributed by atoms with E-state index in [0.29, 0.717) is 12.8 Å². The Balaban J connectivity index is 2.12. The number of carboxylic acids is 1. The van der Waals surface area contributed by atoms with E-state index < -0.39 is 34.6 Å². The van der Waals surface area contributed by atoms with Gasteiger partial charge in [0.2, 0.25) is 5.91 Å². The van der Waals surface area contributed by atoms with Crippen molar-refractivity contribution in [2.75, 3.05) is 5.32 Å². The van der Waals surface area contributed by atoms with E-state index in [2.05, 4.69) is 21.2 Å². The van der Waals surface area contributed by atoms with Gasteiger partial charge in [0.15, 0.2) is 11.6 Å². The van der Waals surface area contributed by atoms with Crippen molar-refractivity contribution in [3.63, 3.8) is 0 Å². The SMILES string of the molecule is O=C(O)CC1(CC(=O)Nc2c(F)cc(Br)cc2F)CCCCC1. The van der Waals surface area contributed by atoms with E-state index >= 15 is 0 Å².